The molecule has 0 saturated carbocycles. The van der Waals surface area contributed by atoms with Gasteiger partial charge in [-0.3, -0.25) is 15.0 Å². The average Bonchev–Trinajstić information content (AvgIpc) is 2.82. The lowest BCUT2D eigenvalue weighted by Gasteiger charge is -2.33. The van der Waals surface area contributed by atoms with Gasteiger partial charge in [0.25, 0.3) is 0 Å². The Morgan fingerprint density at radius 1 is 1.58 bits per heavy atom. The standard InChI is InChI=1S/C12H21N5O2/c1-3-17(10-5-4-6-13-7-10)8-11(18)14-12-16-15-9(2)19-12/h10,13H,3-8H2,1-2H3,(H,14,16,18). The van der Waals surface area contributed by atoms with E-state index in [1.807, 2.05) is 0 Å². The van der Waals surface area contributed by atoms with Crippen LogP contribution < -0.4 is 10.6 Å². The van der Waals surface area contributed by atoms with Crippen LogP contribution in [-0.2, 0) is 4.79 Å². The molecule has 2 heterocycles. The van der Waals surface area contributed by atoms with Gasteiger partial charge in [0.1, 0.15) is 0 Å². The smallest absolute Gasteiger partial charge is 0.322 e. The van der Waals surface area contributed by atoms with Crippen molar-refractivity contribution in [3.8, 4) is 0 Å². The van der Waals surface area contributed by atoms with Crippen molar-refractivity contribution in [2.75, 3.05) is 31.5 Å². The Kier molecular flexibility index (Phi) is 4.86. The van der Waals surface area contributed by atoms with E-state index in [1.54, 1.807) is 6.92 Å². The van der Waals surface area contributed by atoms with Gasteiger partial charge in [0.05, 0.1) is 6.54 Å². The summed E-state index contributed by atoms with van der Waals surface area (Å²) >= 11 is 0. The Balaban J connectivity index is 1.85. The van der Waals surface area contributed by atoms with Crippen LogP contribution in [-0.4, -0.2) is 53.2 Å². The molecule has 1 unspecified atom stereocenters. The first-order valence-corrected chi connectivity index (χ1v) is 6.73. The molecule has 2 N–H and O–H groups in total. The van der Waals surface area contributed by atoms with E-state index in [0.717, 1.165) is 32.5 Å². The van der Waals surface area contributed by atoms with Gasteiger partial charge in [-0.15, -0.1) is 5.10 Å². The maximum Gasteiger partial charge on any atom is 0.322 e. The molecule has 1 amide bonds. The third kappa shape index (κ3) is 4.00. The van der Waals surface area contributed by atoms with Crippen molar-refractivity contribution in [3.05, 3.63) is 5.89 Å². The predicted octanol–water partition coefficient (Wildman–Crippen LogP) is 0.390. The molecular formula is C12H21N5O2. The molecule has 1 fully saturated rings. The number of hydrogen-bond donors (Lipinski definition) is 2. The van der Waals surface area contributed by atoms with Crippen LogP contribution in [0.3, 0.4) is 0 Å². The Hall–Kier alpha value is -1.47. The molecule has 0 radical (unpaired) electrons. The Labute approximate surface area is 112 Å². The lowest BCUT2D eigenvalue weighted by Crippen LogP contribution is -2.48. The van der Waals surface area contributed by atoms with Gasteiger partial charge in [0.15, 0.2) is 0 Å². The summed E-state index contributed by atoms with van der Waals surface area (Å²) in [5, 5.41) is 13.4. The highest BCUT2D eigenvalue weighted by Gasteiger charge is 2.22. The first kappa shape index (κ1) is 14.0. The van der Waals surface area contributed by atoms with Crippen molar-refractivity contribution in [2.24, 2.45) is 0 Å². The van der Waals surface area contributed by atoms with E-state index in [9.17, 15) is 4.79 Å². The van der Waals surface area contributed by atoms with Crippen LogP contribution in [0.15, 0.2) is 4.42 Å². The van der Waals surface area contributed by atoms with Crippen molar-refractivity contribution in [2.45, 2.75) is 32.7 Å². The molecule has 1 aromatic rings. The number of hydrogen-bond acceptors (Lipinski definition) is 6. The Morgan fingerprint density at radius 3 is 3.00 bits per heavy atom. The summed E-state index contributed by atoms with van der Waals surface area (Å²) in [7, 11) is 0. The van der Waals surface area contributed by atoms with Gasteiger partial charge in [0.2, 0.25) is 11.8 Å². The van der Waals surface area contributed by atoms with E-state index in [0.29, 0.717) is 18.5 Å². The minimum atomic E-state index is -0.115. The molecule has 1 saturated heterocycles. The van der Waals surface area contributed by atoms with Crippen LogP contribution in [0.5, 0.6) is 0 Å². The molecule has 19 heavy (non-hydrogen) atoms. The van der Waals surface area contributed by atoms with Crippen LogP contribution >= 0.6 is 0 Å². The number of rotatable bonds is 5. The molecular weight excluding hydrogens is 246 g/mol. The third-order valence-corrected chi connectivity index (χ3v) is 3.31. The first-order chi connectivity index (χ1) is 9.19. The summed E-state index contributed by atoms with van der Waals surface area (Å²) in [6.07, 6.45) is 2.29. The number of nitrogens with one attached hydrogen (secondary N) is 2. The summed E-state index contributed by atoms with van der Waals surface area (Å²) < 4.78 is 5.13. The number of anilines is 1. The van der Waals surface area contributed by atoms with Gasteiger partial charge in [-0.2, -0.15) is 0 Å². The molecule has 0 aliphatic carbocycles. The summed E-state index contributed by atoms with van der Waals surface area (Å²) in [6, 6.07) is 0.592. The van der Waals surface area contributed by atoms with Gasteiger partial charge in [-0.05, 0) is 25.9 Å². The van der Waals surface area contributed by atoms with Gasteiger partial charge in [-0.25, -0.2) is 0 Å². The molecule has 7 nitrogen and oxygen atoms in total. The molecule has 1 atom stereocenters. The van der Waals surface area contributed by atoms with Crippen LogP contribution in [0, 0.1) is 6.92 Å². The average molecular weight is 267 g/mol. The number of carbonyl (C=O) groups is 1. The summed E-state index contributed by atoms with van der Waals surface area (Å²) in [6.45, 7) is 6.97. The fourth-order valence-corrected chi connectivity index (χ4v) is 2.33. The highest BCUT2D eigenvalue weighted by molar-refractivity contribution is 5.90. The molecule has 1 aromatic heterocycles. The molecule has 1 aliphatic rings. The normalized spacial score (nSPS) is 19.6. The predicted molar refractivity (Wildman–Crippen MR) is 70.8 cm³/mol. The topological polar surface area (TPSA) is 83.3 Å². The summed E-state index contributed by atoms with van der Waals surface area (Å²) in [5.74, 6) is 0.329. The Morgan fingerprint density at radius 2 is 2.42 bits per heavy atom. The number of amides is 1. The van der Waals surface area contributed by atoms with Crippen LogP contribution in [0.1, 0.15) is 25.7 Å². The van der Waals surface area contributed by atoms with Crippen molar-refractivity contribution < 1.29 is 9.21 Å². The van der Waals surface area contributed by atoms with E-state index in [-0.39, 0.29) is 11.9 Å². The lowest BCUT2D eigenvalue weighted by atomic mass is 10.1. The number of nitrogens with zero attached hydrogens (tertiary/aromatic N) is 3. The molecule has 0 aromatic carbocycles. The fourth-order valence-electron chi connectivity index (χ4n) is 2.33. The van der Waals surface area contributed by atoms with Crippen molar-refractivity contribution in [1.82, 2.24) is 20.4 Å². The molecule has 1 aliphatic heterocycles. The van der Waals surface area contributed by atoms with Gasteiger partial charge in [-0.1, -0.05) is 12.0 Å². The van der Waals surface area contributed by atoms with E-state index in [1.165, 1.54) is 0 Å². The number of aryl methyl sites for hydroxylation is 1. The van der Waals surface area contributed by atoms with E-state index in [2.05, 4.69) is 32.7 Å². The van der Waals surface area contributed by atoms with Gasteiger partial charge >= 0.3 is 6.01 Å². The minimum absolute atomic E-state index is 0.115. The largest absolute Gasteiger partial charge is 0.408 e. The van der Waals surface area contributed by atoms with Gasteiger partial charge < -0.3 is 9.73 Å². The lowest BCUT2D eigenvalue weighted by molar-refractivity contribution is -0.118. The zero-order valence-electron chi connectivity index (χ0n) is 11.5. The monoisotopic (exact) mass is 267 g/mol. The van der Waals surface area contributed by atoms with Crippen LogP contribution in [0.25, 0.3) is 0 Å². The highest BCUT2D eigenvalue weighted by atomic mass is 16.4. The maximum atomic E-state index is 11.9. The van der Waals surface area contributed by atoms with Crippen LogP contribution in [0.2, 0.25) is 0 Å². The van der Waals surface area contributed by atoms with E-state index < -0.39 is 0 Å². The van der Waals surface area contributed by atoms with E-state index >= 15 is 0 Å². The molecule has 0 spiro atoms. The summed E-state index contributed by atoms with van der Waals surface area (Å²) in [4.78, 5) is 14.1. The third-order valence-electron chi connectivity index (χ3n) is 3.31. The first-order valence-electron chi connectivity index (χ1n) is 6.73. The van der Waals surface area contributed by atoms with Crippen molar-refractivity contribution in [3.63, 3.8) is 0 Å². The SMILES string of the molecule is CCN(CC(=O)Nc1nnc(C)o1)C1CCCNC1. The fraction of sp³-hybridized carbons (Fsp3) is 0.750. The highest BCUT2D eigenvalue weighted by Crippen LogP contribution is 2.10. The van der Waals surface area contributed by atoms with Crippen molar-refractivity contribution >= 4 is 11.9 Å². The zero-order valence-corrected chi connectivity index (χ0v) is 11.5. The molecule has 106 valence electrons. The number of piperidine rings is 1. The molecule has 2 rings (SSSR count). The van der Waals surface area contributed by atoms with E-state index in [4.69, 9.17) is 4.42 Å². The second-order valence-electron chi connectivity index (χ2n) is 4.74. The second-order valence-corrected chi connectivity index (χ2v) is 4.74. The maximum absolute atomic E-state index is 11.9. The number of likely N-dealkylation sites (N-methyl/N-ethyl adjacent to an activating group) is 1. The number of aromatic nitrogens is 2. The quantitative estimate of drug-likeness (QED) is 0.803. The minimum Gasteiger partial charge on any atom is -0.408 e. The number of carbonyl (C=O) groups excluding carboxylic acids is 1. The van der Waals surface area contributed by atoms with Crippen molar-refractivity contribution in [1.29, 1.82) is 0 Å². The zero-order chi connectivity index (χ0) is 13.7. The summed E-state index contributed by atoms with van der Waals surface area (Å²) in [5.41, 5.74) is 0. The van der Waals surface area contributed by atoms with Crippen LogP contribution in [0.4, 0.5) is 6.01 Å². The molecule has 7 heteroatoms. The molecule has 0 bridgehead atoms. The van der Waals surface area contributed by atoms with Gasteiger partial charge in [0, 0.05) is 19.5 Å². The second kappa shape index (κ2) is 6.63. The Bertz CT molecular complexity index is 414.